The van der Waals surface area contributed by atoms with Gasteiger partial charge in [-0.2, -0.15) is 0 Å². The normalized spacial score (nSPS) is 13.1. The molecule has 22 heavy (non-hydrogen) atoms. The highest BCUT2D eigenvalue weighted by atomic mass is 32.2. The molecule has 0 amide bonds. The number of hydrogen-bond acceptors (Lipinski definition) is 2. The van der Waals surface area contributed by atoms with Gasteiger partial charge in [0, 0.05) is 0 Å². The Hall–Kier alpha value is -2.13. The summed E-state index contributed by atoms with van der Waals surface area (Å²) >= 11 is 0. The lowest BCUT2D eigenvalue weighted by molar-refractivity contribution is 0.585. The van der Waals surface area contributed by atoms with Crippen LogP contribution in [-0.4, -0.2) is 8.42 Å². The molecule has 1 unspecified atom stereocenters. The highest BCUT2D eigenvalue weighted by Crippen LogP contribution is 2.31. The summed E-state index contributed by atoms with van der Waals surface area (Å²) in [5.41, 5.74) is 1.70. The van der Waals surface area contributed by atoms with E-state index in [-0.39, 0.29) is 5.75 Å². The smallest absolute Gasteiger partial charge is 0.161 e. The zero-order valence-corrected chi connectivity index (χ0v) is 13.3. The van der Waals surface area contributed by atoms with Crippen LogP contribution >= 0.6 is 0 Å². The van der Waals surface area contributed by atoms with E-state index in [1.54, 1.807) is 6.92 Å². The molecule has 3 aromatic carbocycles. The van der Waals surface area contributed by atoms with Crippen LogP contribution in [0.4, 0.5) is 0 Å². The van der Waals surface area contributed by atoms with Gasteiger partial charge in [0.15, 0.2) is 9.84 Å². The molecule has 3 heteroatoms. The fourth-order valence-electron chi connectivity index (χ4n) is 2.73. The predicted octanol–water partition coefficient (Wildman–Crippen LogP) is 4.52. The monoisotopic (exact) mass is 310 g/mol. The zero-order valence-electron chi connectivity index (χ0n) is 12.4. The van der Waals surface area contributed by atoms with Crippen molar-refractivity contribution in [2.45, 2.75) is 17.9 Å². The molecule has 2 nitrogen and oxygen atoms in total. The van der Waals surface area contributed by atoms with Crippen molar-refractivity contribution in [3.8, 4) is 0 Å². The van der Waals surface area contributed by atoms with Crippen LogP contribution in [0.5, 0.6) is 0 Å². The minimum absolute atomic E-state index is 0.0677. The lowest BCUT2D eigenvalue weighted by atomic mass is 10.0. The number of sulfone groups is 1. The molecule has 0 aromatic heterocycles. The number of benzene rings is 3. The van der Waals surface area contributed by atoms with Crippen molar-refractivity contribution in [3.63, 3.8) is 0 Å². The van der Waals surface area contributed by atoms with E-state index in [1.807, 2.05) is 72.8 Å². The summed E-state index contributed by atoms with van der Waals surface area (Å²) < 4.78 is 25.5. The molecule has 0 saturated carbocycles. The molecular weight excluding hydrogens is 292 g/mol. The van der Waals surface area contributed by atoms with Gasteiger partial charge in [-0.3, -0.25) is 0 Å². The van der Waals surface area contributed by atoms with Crippen molar-refractivity contribution in [1.29, 1.82) is 0 Å². The quantitative estimate of drug-likeness (QED) is 0.710. The Labute approximate surface area is 131 Å². The van der Waals surface area contributed by atoms with E-state index >= 15 is 0 Å². The molecule has 0 aliphatic heterocycles. The van der Waals surface area contributed by atoms with Gasteiger partial charge in [0.25, 0.3) is 0 Å². The maximum Gasteiger partial charge on any atom is 0.161 e. The summed E-state index contributed by atoms with van der Waals surface area (Å²) in [7, 11) is -3.26. The predicted molar refractivity (Wildman–Crippen MR) is 91.4 cm³/mol. The lowest BCUT2D eigenvalue weighted by Crippen LogP contribution is -2.13. The second-order valence-electron chi connectivity index (χ2n) is 5.50. The Balaban J connectivity index is 2.00. The molecule has 3 rings (SSSR count). The number of hydrogen-bond donors (Lipinski definition) is 0. The maximum absolute atomic E-state index is 12.7. The highest BCUT2D eigenvalue weighted by molar-refractivity contribution is 7.90. The molecule has 0 aliphatic rings. The van der Waals surface area contributed by atoms with Crippen molar-refractivity contribution in [2.75, 3.05) is 0 Å². The second kappa shape index (κ2) is 5.93. The van der Waals surface area contributed by atoms with E-state index in [2.05, 4.69) is 0 Å². The minimum Gasteiger partial charge on any atom is -0.228 e. The number of fused-ring (bicyclic) bond motifs is 1. The summed E-state index contributed by atoms with van der Waals surface area (Å²) in [6, 6.07) is 23.1. The summed E-state index contributed by atoms with van der Waals surface area (Å²) in [4.78, 5) is 0. The van der Waals surface area contributed by atoms with Crippen LogP contribution in [0.25, 0.3) is 10.8 Å². The Morgan fingerprint density at radius 2 is 1.45 bits per heavy atom. The molecule has 0 bridgehead atoms. The Bertz CT molecular complexity index is 878. The molecule has 0 N–H and O–H groups in total. The summed E-state index contributed by atoms with van der Waals surface area (Å²) in [6.45, 7) is 1.78. The molecule has 0 spiro atoms. The standard InChI is InChI=1S/C19H18O2S/c1-15(22(20,21)14-16-8-3-2-4-9-16)18-13-7-11-17-10-5-6-12-19(17)18/h2-13,15H,14H2,1H3. The summed E-state index contributed by atoms with van der Waals surface area (Å²) in [6.07, 6.45) is 0. The first-order valence-electron chi connectivity index (χ1n) is 7.31. The van der Waals surface area contributed by atoms with Crippen LogP contribution in [0.3, 0.4) is 0 Å². The molecule has 3 aromatic rings. The van der Waals surface area contributed by atoms with Crippen molar-refractivity contribution >= 4 is 20.6 Å². The van der Waals surface area contributed by atoms with Crippen LogP contribution in [0.1, 0.15) is 23.3 Å². The molecule has 0 radical (unpaired) electrons. The first-order valence-corrected chi connectivity index (χ1v) is 9.02. The molecule has 0 saturated heterocycles. The van der Waals surface area contributed by atoms with Gasteiger partial charge >= 0.3 is 0 Å². The Morgan fingerprint density at radius 1 is 0.818 bits per heavy atom. The van der Waals surface area contributed by atoms with Crippen LogP contribution in [0.15, 0.2) is 72.8 Å². The van der Waals surface area contributed by atoms with Gasteiger partial charge in [-0.1, -0.05) is 72.8 Å². The SMILES string of the molecule is CC(c1cccc2ccccc12)S(=O)(=O)Cc1ccccc1. The van der Waals surface area contributed by atoms with Crippen molar-refractivity contribution < 1.29 is 8.42 Å². The van der Waals surface area contributed by atoms with Gasteiger partial charge in [0.2, 0.25) is 0 Å². The molecule has 0 heterocycles. The lowest BCUT2D eigenvalue weighted by Gasteiger charge is -2.16. The largest absolute Gasteiger partial charge is 0.228 e. The van der Waals surface area contributed by atoms with Crippen LogP contribution in [-0.2, 0) is 15.6 Å². The highest BCUT2D eigenvalue weighted by Gasteiger charge is 2.24. The Kier molecular flexibility index (Phi) is 3.99. The van der Waals surface area contributed by atoms with Gasteiger partial charge in [0.1, 0.15) is 0 Å². The van der Waals surface area contributed by atoms with E-state index in [4.69, 9.17) is 0 Å². The zero-order chi connectivity index (χ0) is 15.6. The van der Waals surface area contributed by atoms with Gasteiger partial charge in [-0.15, -0.1) is 0 Å². The van der Waals surface area contributed by atoms with Gasteiger partial charge in [-0.05, 0) is 28.8 Å². The number of rotatable bonds is 4. The fourth-order valence-corrected chi connectivity index (χ4v) is 4.23. The van der Waals surface area contributed by atoms with E-state index < -0.39 is 15.1 Å². The first kappa shape index (κ1) is 14.8. The summed E-state index contributed by atoms with van der Waals surface area (Å²) in [5, 5.41) is 1.55. The van der Waals surface area contributed by atoms with Crippen molar-refractivity contribution in [3.05, 3.63) is 83.9 Å². The van der Waals surface area contributed by atoms with Crippen molar-refractivity contribution in [1.82, 2.24) is 0 Å². The first-order chi connectivity index (χ1) is 10.6. The van der Waals surface area contributed by atoms with Gasteiger partial charge in [0.05, 0.1) is 11.0 Å². The molecule has 112 valence electrons. The third-order valence-electron chi connectivity index (χ3n) is 4.01. The van der Waals surface area contributed by atoms with Gasteiger partial charge in [-0.25, -0.2) is 8.42 Å². The third-order valence-corrected chi connectivity index (χ3v) is 6.08. The van der Waals surface area contributed by atoms with E-state index in [0.717, 1.165) is 21.9 Å². The minimum atomic E-state index is -3.26. The van der Waals surface area contributed by atoms with E-state index in [1.165, 1.54) is 0 Å². The van der Waals surface area contributed by atoms with E-state index in [0.29, 0.717) is 0 Å². The molecule has 1 atom stereocenters. The average molecular weight is 310 g/mol. The topological polar surface area (TPSA) is 34.1 Å². The molecular formula is C19H18O2S. The fraction of sp³-hybridized carbons (Fsp3) is 0.158. The van der Waals surface area contributed by atoms with Gasteiger partial charge < -0.3 is 0 Å². The third kappa shape index (κ3) is 2.90. The van der Waals surface area contributed by atoms with E-state index in [9.17, 15) is 8.42 Å². The van der Waals surface area contributed by atoms with Crippen LogP contribution < -0.4 is 0 Å². The maximum atomic E-state index is 12.7. The summed E-state index contributed by atoms with van der Waals surface area (Å²) in [5.74, 6) is 0.0677. The Morgan fingerprint density at radius 3 is 2.23 bits per heavy atom. The van der Waals surface area contributed by atoms with Crippen molar-refractivity contribution in [2.24, 2.45) is 0 Å². The van der Waals surface area contributed by atoms with Crippen LogP contribution in [0.2, 0.25) is 0 Å². The molecule has 0 fully saturated rings. The average Bonchev–Trinajstić information content (AvgIpc) is 2.54. The molecule has 0 aliphatic carbocycles. The second-order valence-corrected chi connectivity index (χ2v) is 7.82. The van der Waals surface area contributed by atoms with Crippen LogP contribution in [0, 0.1) is 0 Å².